The molecule has 1 aliphatic carbocycles. The van der Waals surface area contributed by atoms with Gasteiger partial charge in [-0.15, -0.1) is 17.9 Å². The molecule has 0 saturated carbocycles. The van der Waals surface area contributed by atoms with Crippen molar-refractivity contribution in [3.05, 3.63) is 69.8 Å². The van der Waals surface area contributed by atoms with E-state index in [2.05, 4.69) is 16.5 Å². The molecule has 6 nitrogen and oxygen atoms in total. The SMILES string of the molecule is C=CCn1c(C)c(C=C(C#N)C(=O)Nc2sc3c(c2C(=O)OCC)CCCC3)c2ccccc21. The van der Waals surface area contributed by atoms with Gasteiger partial charge in [-0.05, 0) is 57.2 Å². The predicted octanol–water partition coefficient (Wildman–Crippen LogP) is 5.80. The number of carbonyl (C=O) groups excluding carboxylic acids is 2. The second-order valence-electron chi connectivity index (χ2n) is 8.17. The van der Waals surface area contributed by atoms with E-state index in [4.69, 9.17) is 4.74 Å². The highest BCUT2D eigenvalue weighted by Gasteiger charge is 2.28. The Kier molecular flexibility index (Phi) is 6.99. The maximum atomic E-state index is 13.2. The van der Waals surface area contributed by atoms with Crippen LogP contribution in [0.15, 0.2) is 42.5 Å². The lowest BCUT2D eigenvalue weighted by molar-refractivity contribution is -0.112. The summed E-state index contributed by atoms with van der Waals surface area (Å²) in [6, 6.07) is 9.93. The number of allylic oxidation sites excluding steroid dienone is 1. The van der Waals surface area contributed by atoms with Gasteiger partial charge >= 0.3 is 5.97 Å². The Morgan fingerprint density at radius 2 is 2.06 bits per heavy atom. The fourth-order valence-electron chi connectivity index (χ4n) is 4.54. The molecule has 0 fully saturated rings. The van der Waals surface area contributed by atoms with Crippen molar-refractivity contribution in [1.82, 2.24) is 4.57 Å². The van der Waals surface area contributed by atoms with E-state index < -0.39 is 11.9 Å². The number of nitriles is 1. The maximum absolute atomic E-state index is 13.2. The van der Waals surface area contributed by atoms with Crippen LogP contribution in [0, 0.1) is 18.3 Å². The maximum Gasteiger partial charge on any atom is 0.341 e. The van der Waals surface area contributed by atoms with E-state index in [9.17, 15) is 14.9 Å². The highest BCUT2D eigenvalue weighted by Crippen LogP contribution is 2.39. The zero-order valence-electron chi connectivity index (χ0n) is 19.4. The molecule has 0 saturated heterocycles. The minimum absolute atomic E-state index is 0.0224. The van der Waals surface area contributed by atoms with Gasteiger partial charge in [0.1, 0.15) is 16.6 Å². The van der Waals surface area contributed by atoms with Gasteiger partial charge in [0, 0.05) is 33.6 Å². The van der Waals surface area contributed by atoms with Gasteiger partial charge in [0.2, 0.25) is 0 Å². The van der Waals surface area contributed by atoms with Gasteiger partial charge in [-0.1, -0.05) is 24.3 Å². The Labute approximate surface area is 203 Å². The smallest absolute Gasteiger partial charge is 0.341 e. The van der Waals surface area contributed by atoms with Crippen LogP contribution >= 0.6 is 11.3 Å². The molecule has 1 amide bonds. The lowest BCUT2D eigenvalue weighted by Gasteiger charge is -2.12. The molecule has 0 aliphatic heterocycles. The fraction of sp³-hybridized carbons (Fsp3) is 0.296. The number of thiophene rings is 1. The number of nitrogens with zero attached hydrogens (tertiary/aromatic N) is 2. The van der Waals surface area contributed by atoms with Gasteiger partial charge in [0.05, 0.1) is 12.2 Å². The predicted molar refractivity (Wildman–Crippen MR) is 136 cm³/mol. The summed E-state index contributed by atoms with van der Waals surface area (Å²) in [7, 11) is 0. The van der Waals surface area contributed by atoms with Crippen molar-refractivity contribution in [1.29, 1.82) is 5.26 Å². The molecule has 2 heterocycles. The highest BCUT2D eigenvalue weighted by molar-refractivity contribution is 7.17. The summed E-state index contributed by atoms with van der Waals surface area (Å²) < 4.78 is 7.38. The van der Waals surface area contributed by atoms with Crippen molar-refractivity contribution in [2.24, 2.45) is 0 Å². The van der Waals surface area contributed by atoms with Crippen molar-refractivity contribution < 1.29 is 14.3 Å². The number of ether oxygens (including phenoxy) is 1. The summed E-state index contributed by atoms with van der Waals surface area (Å²) in [6.45, 7) is 8.45. The number of nitrogens with one attached hydrogen (secondary N) is 1. The average molecular weight is 474 g/mol. The quantitative estimate of drug-likeness (QED) is 0.203. The van der Waals surface area contributed by atoms with E-state index in [1.165, 1.54) is 11.3 Å². The number of hydrogen-bond donors (Lipinski definition) is 1. The van der Waals surface area contributed by atoms with Gasteiger partial charge in [-0.3, -0.25) is 4.79 Å². The molecule has 34 heavy (non-hydrogen) atoms. The lowest BCUT2D eigenvalue weighted by atomic mass is 9.95. The third-order valence-electron chi connectivity index (χ3n) is 6.12. The molecule has 0 radical (unpaired) electrons. The normalized spacial score (nSPS) is 13.3. The molecule has 2 aromatic heterocycles. The fourth-order valence-corrected chi connectivity index (χ4v) is 5.81. The summed E-state index contributed by atoms with van der Waals surface area (Å²) >= 11 is 1.41. The topological polar surface area (TPSA) is 84.1 Å². The molecule has 0 atom stereocenters. The molecule has 1 aromatic carbocycles. The number of benzene rings is 1. The number of hydrogen-bond acceptors (Lipinski definition) is 5. The number of rotatable bonds is 7. The monoisotopic (exact) mass is 473 g/mol. The Morgan fingerprint density at radius 1 is 1.29 bits per heavy atom. The number of aromatic nitrogens is 1. The zero-order valence-corrected chi connectivity index (χ0v) is 20.3. The minimum Gasteiger partial charge on any atom is -0.462 e. The first-order chi connectivity index (χ1) is 16.5. The first-order valence-electron chi connectivity index (χ1n) is 11.4. The molecule has 174 valence electrons. The van der Waals surface area contributed by atoms with E-state index >= 15 is 0 Å². The third kappa shape index (κ3) is 4.29. The van der Waals surface area contributed by atoms with Crippen LogP contribution in [-0.4, -0.2) is 23.1 Å². The van der Waals surface area contributed by atoms with Gasteiger partial charge in [-0.2, -0.15) is 5.26 Å². The zero-order chi connectivity index (χ0) is 24.2. The number of amides is 1. The Balaban J connectivity index is 1.73. The molecule has 1 N–H and O–H groups in total. The van der Waals surface area contributed by atoms with Gasteiger partial charge in [-0.25, -0.2) is 4.79 Å². The largest absolute Gasteiger partial charge is 0.462 e. The summed E-state index contributed by atoms with van der Waals surface area (Å²) in [5, 5.41) is 14.1. The number of aryl methyl sites for hydroxylation is 1. The van der Waals surface area contributed by atoms with Crippen LogP contribution in [0.2, 0.25) is 0 Å². The first kappa shape index (κ1) is 23.5. The van der Waals surface area contributed by atoms with Crippen molar-refractivity contribution in [3.63, 3.8) is 0 Å². The van der Waals surface area contributed by atoms with Crippen LogP contribution in [0.3, 0.4) is 0 Å². The van der Waals surface area contributed by atoms with Gasteiger partial charge < -0.3 is 14.6 Å². The summed E-state index contributed by atoms with van der Waals surface area (Å²) in [5.41, 5.74) is 4.16. The standard InChI is InChI=1S/C27H27N3O3S/c1-4-14-30-17(3)21(19-10-6-8-12-22(19)30)15-18(16-28)25(31)29-26-24(27(32)33-5-2)20-11-7-9-13-23(20)34-26/h4,6,8,10,12,15H,1,5,7,9,11,13-14H2,2-3H3,(H,29,31). The van der Waals surface area contributed by atoms with Gasteiger partial charge in [0.15, 0.2) is 0 Å². The molecule has 7 heteroatoms. The van der Waals surface area contributed by atoms with Crippen LogP contribution in [0.1, 0.15) is 51.8 Å². The first-order valence-corrected chi connectivity index (χ1v) is 12.2. The van der Waals surface area contributed by atoms with Crippen LogP contribution in [0.4, 0.5) is 5.00 Å². The Hall–Kier alpha value is -3.63. The molecular weight excluding hydrogens is 446 g/mol. The highest BCUT2D eigenvalue weighted by atomic mass is 32.1. The molecule has 3 aromatic rings. The second kappa shape index (κ2) is 10.1. The van der Waals surface area contributed by atoms with Crippen molar-refractivity contribution in [3.8, 4) is 6.07 Å². The molecule has 0 unspecified atom stereocenters. The van der Waals surface area contributed by atoms with E-state index in [1.807, 2.05) is 43.3 Å². The van der Waals surface area contributed by atoms with E-state index in [0.29, 0.717) is 17.1 Å². The van der Waals surface area contributed by atoms with Crippen LogP contribution < -0.4 is 5.32 Å². The molecule has 0 spiro atoms. The number of carbonyl (C=O) groups is 2. The van der Waals surface area contributed by atoms with Crippen molar-refractivity contribution in [2.75, 3.05) is 11.9 Å². The number of anilines is 1. The van der Waals surface area contributed by atoms with E-state index in [0.717, 1.165) is 58.3 Å². The van der Waals surface area contributed by atoms with Crippen LogP contribution in [0.5, 0.6) is 0 Å². The van der Waals surface area contributed by atoms with E-state index in [1.54, 1.807) is 13.0 Å². The molecule has 0 bridgehead atoms. The van der Waals surface area contributed by atoms with Crippen molar-refractivity contribution in [2.45, 2.75) is 46.1 Å². The molecule has 1 aliphatic rings. The Bertz CT molecular complexity index is 1350. The number of esters is 1. The summed E-state index contributed by atoms with van der Waals surface area (Å²) in [5.74, 6) is -0.963. The summed E-state index contributed by atoms with van der Waals surface area (Å²) in [6.07, 6.45) is 7.18. The van der Waals surface area contributed by atoms with E-state index in [-0.39, 0.29) is 12.2 Å². The number of fused-ring (bicyclic) bond motifs is 2. The molecule has 4 rings (SSSR count). The van der Waals surface area contributed by atoms with Crippen LogP contribution in [-0.2, 0) is 28.9 Å². The van der Waals surface area contributed by atoms with Gasteiger partial charge in [0.25, 0.3) is 5.91 Å². The second-order valence-corrected chi connectivity index (χ2v) is 9.28. The number of para-hydroxylation sites is 1. The van der Waals surface area contributed by atoms with Crippen LogP contribution in [0.25, 0.3) is 17.0 Å². The van der Waals surface area contributed by atoms with Crippen molar-refractivity contribution >= 4 is 45.2 Å². The summed E-state index contributed by atoms with van der Waals surface area (Å²) in [4.78, 5) is 27.0. The Morgan fingerprint density at radius 3 is 2.79 bits per heavy atom. The lowest BCUT2D eigenvalue weighted by Crippen LogP contribution is -2.16. The third-order valence-corrected chi connectivity index (χ3v) is 7.33. The average Bonchev–Trinajstić information content (AvgIpc) is 3.32. The minimum atomic E-state index is -0.536. The molecular formula is C27H27N3O3S.